The van der Waals surface area contributed by atoms with Gasteiger partial charge >= 0.3 is 0 Å². The summed E-state index contributed by atoms with van der Waals surface area (Å²) in [7, 11) is 0. The van der Waals surface area contributed by atoms with Crippen LogP contribution in [0.25, 0.3) is 0 Å². The first kappa shape index (κ1) is 23.0. The SMILES string of the molecule is CCCCCCCCCCCCNC(=O)[C@@H](N)[C@@H](C)O.Cl. The van der Waals surface area contributed by atoms with Gasteiger partial charge in [0.25, 0.3) is 0 Å². The molecule has 0 spiro atoms. The molecule has 0 aromatic rings. The van der Waals surface area contributed by atoms with Gasteiger partial charge in [0.1, 0.15) is 6.04 Å². The first-order valence-electron chi connectivity index (χ1n) is 8.31. The third kappa shape index (κ3) is 14.4. The fourth-order valence-electron chi connectivity index (χ4n) is 2.16. The molecule has 4 nitrogen and oxygen atoms in total. The van der Waals surface area contributed by atoms with Crippen LogP contribution >= 0.6 is 12.4 Å². The van der Waals surface area contributed by atoms with Crippen LogP contribution < -0.4 is 11.1 Å². The van der Waals surface area contributed by atoms with Gasteiger partial charge in [0.05, 0.1) is 6.10 Å². The van der Waals surface area contributed by atoms with E-state index in [-0.39, 0.29) is 18.3 Å². The highest BCUT2D eigenvalue weighted by molar-refractivity contribution is 5.85. The van der Waals surface area contributed by atoms with Gasteiger partial charge in [0, 0.05) is 6.54 Å². The van der Waals surface area contributed by atoms with Crippen LogP contribution in [-0.4, -0.2) is 29.7 Å². The Hall–Kier alpha value is -0.320. The molecule has 4 N–H and O–H groups in total. The van der Waals surface area contributed by atoms with E-state index in [1.54, 1.807) is 0 Å². The van der Waals surface area contributed by atoms with Gasteiger partial charge in [0.2, 0.25) is 5.91 Å². The molecule has 0 saturated carbocycles. The molecule has 128 valence electrons. The van der Waals surface area contributed by atoms with Crippen molar-refractivity contribution >= 4 is 18.3 Å². The second-order valence-electron chi connectivity index (χ2n) is 5.74. The molecule has 0 radical (unpaired) electrons. The van der Waals surface area contributed by atoms with Crippen molar-refractivity contribution in [1.82, 2.24) is 5.32 Å². The summed E-state index contributed by atoms with van der Waals surface area (Å²) in [6, 6.07) is -0.807. The maximum atomic E-state index is 11.4. The van der Waals surface area contributed by atoms with Gasteiger partial charge in [-0.2, -0.15) is 0 Å². The number of nitrogens with one attached hydrogen (secondary N) is 1. The van der Waals surface area contributed by atoms with E-state index in [2.05, 4.69) is 12.2 Å². The lowest BCUT2D eigenvalue weighted by Gasteiger charge is -2.14. The number of amides is 1. The van der Waals surface area contributed by atoms with E-state index in [0.29, 0.717) is 6.54 Å². The van der Waals surface area contributed by atoms with Crippen molar-refractivity contribution < 1.29 is 9.90 Å². The van der Waals surface area contributed by atoms with E-state index in [1.165, 1.54) is 58.3 Å². The van der Waals surface area contributed by atoms with Crippen LogP contribution in [0.1, 0.15) is 78.1 Å². The maximum Gasteiger partial charge on any atom is 0.239 e. The molecule has 0 fully saturated rings. The molecule has 0 saturated heterocycles. The standard InChI is InChI=1S/C16H34N2O2.ClH/c1-3-4-5-6-7-8-9-10-11-12-13-18-16(20)15(17)14(2)19;/h14-15,19H,3-13,17H2,1-2H3,(H,18,20);1H/t14-,15+;/m1./s1. The smallest absolute Gasteiger partial charge is 0.239 e. The van der Waals surface area contributed by atoms with E-state index in [0.717, 1.165) is 12.8 Å². The molecule has 0 heterocycles. The van der Waals surface area contributed by atoms with Gasteiger partial charge in [-0.05, 0) is 13.3 Å². The summed E-state index contributed by atoms with van der Waals surface area (Å²) in [6.07, 6.45) is 12.0. The van der Waals surface area contributed by atoms with Crippen LogP contribution in [0, 0.1) is 0 Å². The summed E-state index contributed by atoms with van der Waals surface area (Å²) in [5.74, 6) is -0.254. The molecule has 0 aliphatic heterocycles. The van der Waals surface area contributed by atoms with Crippen LogP contribution in [0.5, 0.6) is 0 Å². The molecular formula is C16H35ClN2O2. The van der Waals surface area contributed by atoms with Crippen LogP contribution in [0.4, 0.5) is 0 Å². The molecule has 0 aliphatic carbocycles. The zero-order valence-electron chi connectivity index (χ0n) is 13.8. The van der Waals surface area contributed by atoms with E-state index in [1.807, 2.05) is 0 Å². The summed E-state index contributed by atoms with van der Waals surface area (Å²) in [4.78, 5) is 11.4. The summed E-state index contributed by atoms with van der Waals surface area (Å²) < 4.78 is 0. The number of hydrogen-bond acceptors (Lipinski definition) is 3. The number of aliphatic hydroxyl groups excluding tert-OH is 1. The fourth-order valence-corrected chi connectivity index (χ4v) is 2.16. The molecule has 0 bridgehead atoms. The minimum Gasteiger partial charge on any atom is -0.391 e. The lowest BCUT2D eigenvalue weighted by molar-refractivity contribution is -0.124. The van der Waals surface area contributed by atoms with Crippen molar-refractivity contribution in [3.05, 3.63) is 0 Å². The topological polar surface area (TPSA) is 75.4 Å². The van der Waals surface area contributed by atoms with E-state index in [4.69, 9.17) is 5.73 Å². The summed E-state index contributed by atoms with van der Waals surface area (Å²) in [6.45, 7) is 4.44. The molecule has 0 aromatic heterocycles. The van der Waals surface area contributed by atoms with Crippen LogP contribution in [0.3, 0.4) is 0 Å². The number of rotatable bonds is 13. The third-order valence-corrected chi connectivity index (χ3v) is 3.65. The number of nitrogens with two attached hydrogens (primary N) is 1. The van der Waals surface area contributed by atoms with Gasteiger partial charge in [-0.3, -0.25) is 4.79 Å². The molecule has 21 heavy (non-hydrogen) atoms. The third-order valence-electron chi connectivity index (χ3n) is 3.65. The first-order valence-corrected chi connectivity index (χ1v) is 8.31. The monoisotopic (exact) mass is 322 g/mol. The normalized spacial score (nSPS) is 13.3. The van der Waals surface area contributed by atoms with E-state index < -0.39 is 12.1 Å². The maximum absolute atomic E-state index is 11.4. The van der Waals surface area contributed by atoms with Crippen molar-refractivity contribution in [3.8, 4) is 0 Å². The predicted molar refractivity (Wildman–Crippen MR) is 91.8 cm³/mol. The number of aliphatic hydroxyl groups is 1. The highest BCUT2D eigenvalue weighted by Crippen LogP contribution is 2.10. The Morgan fingerprint density at radius 1 is 1.00 bits per heavy atom. The molecule has 0 rings (SSSR count). The summed E-state index contributed by atoms with van der Waals surface area (Å²) in [5.41, 5.74) is 5.53. The fraction of sp³-hybridized carbons (Fsp3) is 0.938. The molecule has 5 heteroatoms. The van der Waals surface area contributed by atoms with Gasteiger partial charge in [-0.25, -0.2) is 0 Å². The molecule has 0 aromatic carbocycles. The minimum atomic E-state index is -0.807. The number of hydrogen-bond donors (Lipinski definition) is 3. The molecule has 0 aliphatic rings. The summed E-state index contributed by atoms with van der Waals surface area (Å²) >= 11 is 0. The number of unbranched alkanes of at least 4 members (excludes halogenated alkanes) is 9. The van der Waals surface area contributed by atoms with Crippen molar-refractivity contribution in [2.45, 2.75) is 90.2 Å². The average molecular weight is 323 g/mol. The molecular weight excluding hydrogens is 288 g/mol. The Bertz CT molecular complexity index is 238. The predicted octanol–water partition coefficient (Wildman–Crippen LogP) is 3.15. The zero-order valence-corrected chi connectivity index (χ0v) is 14.6. The van der Waals surface area contributed by atoms with Gasteiger partial charge < -0.3 is 16.2 Å². The van der Waals surface area contributed by atoms with Crippen molar-refractivity contribution in [3.63, 3.8) is 0 Å². The lowest BCUT2D eigenvalue weighted by atomic mass is 10.1. The quantitative estimate of drug-likeness (QED) is 0.456. The second-order valence-corrected chi connectivity index (χ2v) is 5.74. The Kier molecular flexibility index (Phi) is 17.6. The largest absolute Gasteiger partial charge is 0.391 e. The first-order chi connectivity index (χ1) is 9.59. The van der Waals surface area contributed by atoms with Gasteiger partial charge in [0.15, 0.2) is 0 Å². The van der Waals surface area contributed by atoms with Crippen molar-refractivity contribution in [2.24, 2.45) is 5.73 Å². The van der Waals surface area contributed by atoms with Crippen LogP contribution in [0.2, 0.25) is 0 Å². The Morgan fingerprint density at radius 3 is 1.86 bits per heavy atom. The number of carbonyl (C=O) groups excluding carboxylic acids is 1. The van der Waals surface area contributed by atoms with Gasteiger partial charge in [-0.1, -0.05) is 64.7 Å². The average Bonchev–Trinajstić information content (AvgIpc) is 2.43. The van der Waals surface area contributed by atoms with Gasteiger partial charge in [-0.15, -0.1) is 12.4 Å². The highest BCUT2D eigenvalue weighted by Gasteiger charge is 2.17. The van der Waals surface area contributed by atoms with Crippen LogP contribution in [-0.2, 0) is 4.79 Å². The highest BCUT2D eigenvalue weighted by atomic mass is 35.5. The van der Waals surface area contributed by atoms with E-state index >= 15 is 0 Å². The lowest BCUT2D eigenvalue weighted by Crippen LogP contribution is -2.47. The Labute approximate surface area is 136 Å². The Balaban J connectivity index is 0. The Morgan fingerprint density at radius 2 is 1.43 bits per heavy atom. The van der Waals surface area contributed by atoms with Crippen molar-refractivity contribution in [1.29, 1.82) is 0 Å². The molecule has 1 amide bonds. The zero-order chi connectivity index (χ0) is 15.2. The second kappa shape index (κ2) is 16.1. The molecule has 2 atom stereocenters. The number of halogens is 1. The molecule has 0 unspecified atom stereocenters. The number of carbonyl (C=O) groups is 1. The van der Waals surface area contributed by atoms with E-state index in [9.17, 15) is 9.90 Å². The summed E-state index contributed by atoms with van der Waals surface area (Å²) in [5, 5.41) is 11.9. The van der Waals surface area contributed by atoms with Crippen LogP contribution in [0.15, 0.2) is 0 Å². The van der Waals surface area contributed by atoms with Crippen molar-refractivity contribution in [2.75, 3.05) is 6.54 Å². The minimum absolute atomic E-state index is 0.